The Hall–Kier alpha value is -1.48. The van der Waals surface area contributed by atoms with Gasteiger partial charge in [0.1, 0.15) is 6.10 Å². The fourth-order valence-electron chi connectivity index (χ4n) is 1.65. The van der Waals surface area contributed by atoms with Gasteiger partial charge in [0.15, 0.2) is 0 Å². The van der Waals surface area contributed by atoms with Crippen molar-refractivity contribution in [2.75, 3.05) is 0 Å². The summed E-state index contributed by atoms with van der Waals surface area (Å²) >= 11 is 0. The van der Waals surface area contributed by atoms with Crippen molar-refractivity contribution in [1.29, 1.82) is 0 Å². The summed E-state index contributed by atoms with van der Waals surface area (Å²) < 4.78 is 5.14. The number of rotatable bonds is 2. The minimum absolute atomic E-state index is 0.310. The summed E-state index contributed by atoms with van der Waals surface area (Å²) in [6.45, 7) is 1.37. The van der Waals surface area contributed by atoms with Crippen molar-refractivity contribution in [3.63, 3.8) is 0 Å². The van der Waals surface area contributed by atoms with Crippen LogP contribution in [0, 0.1) is 0 Å². The molecule has 0 bridgehead atoms. The average molecular weight is 209 g/mol. The van der Waals surface area contributed by atoms with Gasteiger partial charge >= 0.3 is 5.97 Å². The summed E-state index contributed by atoms with van der Waals surface area (Å²) in [5.41, 5.74) is 8.42. The van der Waals surface area contributed by atoms with Crippen LogP contribution in [-0.4, -0.2) is 18.1 Å². The fourth-order valence-corrected chi connectivity index (χ4v) is 1.65. The molecular weight excluding hydrogens is 194 g/mol. The smallest absolute Gasteiger partial charge is 0.302 e. The van der Waals surface area contributed by atoms with Gasteiger partial charge in [0, 0.05) is 11.8 Å². The number of azide groups is 1. The summed E-state index contributed by atoms with van der Waals surface area (Å²) in [7, 11) is 0. The molecule has 0 amide bonds. The second-order valence-electron chi connectivity index (χ2n) is 3.56. The van der Waals surface area contributed by atoms with Crippen LogP contribution in [0.25, 0.3) is 10.4 Å². The predicted molar refractivity (Wildman–Crippen MR) is 56.1 cm³/mol. The van der Waals surface area contributed by atoms with Gasteiger partial charge in [-0.1, -0.05) is 17.3 Å². The number of carbonyl (C=O) groups excluding carboxylic acids is 1. The topological polar surface area (TPSA) is 75.1 Å². The predicted octanol–water partition coefficient (Wildman–Crippen LogP) is 2.73. The van der Waals surface area contributed by atoms with Gasteiger partial charge in [0.05, 0.1) is 6.04 Å². The molecule has 0 radical (unpaired) electrons. The van der Waals surface area contributed by atoms with E-state index in [1.807, 2.05) is 12.2 Å². The number of carbonyl (C=O) groups is 1. The van der Waals surface area contributed by atoms with Crippen LogP contribution < -0.4 is 0 Å². The lowest BCUT2D eigenvalue weighted by Gasteiger charge is -2.22. The minimum atomic E-state index is -0.362. The molecule has 0 aliphatic heterocycles. The zero-order valence-corrected chi connectivity index (χ0v) is 8.80. The standard InChI is InChI=1S/C10H15N3O2/c1-8(14)15-10-7-5-3-2-4-6-9(10)12-13-11/h4,6,9-10H,2-3,5,7H2,1H3/b6-4-. The van der Waals surface area contributed by atoms with E-state index in [-0.39, 0.29) is 18.1 Å². The number of allylic oxidation sites excluding steroid dienone is 1. The minimum Gasteiger partial charge on any atom is -0.462 e. The first kappa shape index (κ1) is 11.6. The first-order valence-electron chi connectivity index (χ1n) is 5.12. The van der Waals surface area contributed by atoms with Gasteiger partial charge in [0.25, 0.3) is 0 Å². The van der Waals surface area contributed by atoms with Gasteiger partial charge in [-0.15, -0.1) is 0 Å². The number of esters is 1. The molecule has 2 atom stereocenters. The second-order valence-corrected chi connectivity index (χ2v) is 3.56. The highest BCUT2D eigenvalue weighted by atomic mass is 16.5. The monoisotopic (exact) mass is 209 g/mol. The third-order valence-electron chi connectivity index (χ3n) is 2.33. The molecular formula is C10H15N3O2. The van der Waals surface area contributed by atoms with Gasteiger partial charge in [-0.2, -0.15) is 0 Å². The van der Waals surface area contributed by atoms with Crippen molar-refractivity contribution in [3.05, 3.63) is 22.6 Å². The Bertz CT molecular complexity index is 295. The Morgan fingerprint density at radius 2 is 2.40 bits per heavy atom. The van der Waals surface area contributed by atoms with E-state index in [1.54, 1.807) is 0 Å². The van der Waals surface area contributed by atoms with Crippen molar-refractivity contribution in [2.45, 2.75) is 44.8 Å². The summed E-state index contributed by atoms with van der Waals surface area (Å²) in [4.78, 5) is 13.7. The number of hydrogen-bond donors (Lipinski definition) is 0. The quantitative estimate of drug-likeness (QED) is 0.230. The average Bonchev–Trinajstić information content (AvgIpc) is 2.15. The second kappa shape index (κ2) is 6.09. The SMILES string of the molecule is CC(=O)OC1CCCC/C=C\C1N=[N+]=[N-]. The number of nitrogens with zero attached hydrogens (tertiary/aromatic N) is 3. The Balaban J connectivity index is 2.74. The van der Waals surface area contributed by atoms with Crippen LogP contribution in [0.2, 0.25) is 0 Å². The summed E-state index contributed by atoms with van der Waals surface area (Å²) in [5, 5.41) is 3.64. The molecule has 0 fully saturated rings. The third-order valence-corrected chi connectivity index (χ3v) is 2.33. The van der Waals surface area contributed by atoms with Crippen molar-refractivity contribution < 1.29 is 9.53 Å². The zero-order chi connectivity index (χ0) is 11.1. The summed E-state index contributed by atoms with van der Waals surface area (Å²) in [6, 6.07) is -0.362. The fraction of sp³-hybridized carbons (Fsp3) is 0.700. The maximum absolute atomic E-state index is 10.9. The molecule has 5 nitrogen and oxygen atoms in total. The number of ether oxygens (including phenoxy) is 1. The lowest BCUT2D eigenvalue weighted by atomic mass is 10.00. The van der Waals surface area contributed by atoms with E-state index in [9.17, 15) is 4.79 Å². The summed E-state index contributed by atoms with van der Waals surface area (Å²) in [6.07, 6.45) is 7.31. The van der Waals surface area contributed by atoms with E-state index in [4.69, 9.17) is 10.3 Å². The molecule has 15 heavy (non-hydrogen) atoms. The molecule has 0 saturated carbocycles. The maximum atomic E-state index is 10.9. The molecule has 0 aromatic rings. The molecule has 1 aliphatic carbocycles. The van der Waals surface area contributed by atoms with Gasteiger partial charge in [-0.05, 0) is 31.2 Å². The molecule has 0 aromatic carbocycles. The molecule has 82 valence electrons. The van der Waals surface area contributed by atoms with Crippen molar-refractivity contribution in [2.24, 2.45) is 5.11 Å². The normalized spacial score (nSPS) is 28.1. The Labute approximate surface area is 88.7 Å². The van der Waals surface area contributed by atoms with Gasteiger partial charge in [0.2, 0.25) is 0 Å². The van der Waals surface area contributed by atoms with E-state index in [2.05, 4.69) is 10.0 Å². The Morgan fingerprint density at radius 3 is 3.07 bits per heavy atom. The van der Waals surface area contributed by atoms with Crippen LogP contribution >= 0.6 is 0 Å². The molecule has 2 unspecified atom stereocenters. The Morgan fingerprint density at radius 1 is 1.60 bits per heavy atom. The van der Waals surface area contributed by atoms with E-state index >= 15 is 0 Å². The first-order chi connectivity index (χ1) is 7.24. The van der Waals surface area contributed by atoms with Crippen LogP contribution in [-0.2, 0) is 9.53 Å². The molecule has 0 aromatic heterocycles. The van der Waals surface area contributed by atoms with Crippen molar-refractivity contribution in [1.82, 2.24) is 0 Å². The lowest BCUT2D eigenvalue weighted by molar-refractivity contribution is -0.147. The molecule has 5 heteroatoms. The third kappa shape index (κ3) is 4.04. The van der Waals surface area contributed by atoms with Gasteiger partial charge < -0.3 is 4.74 Å². The zero-order valence-electron chi connectivity index (χ0n) is 8.80. The van der Waals surface area contributed by atoms with Gasteiger partial charge in [-0.25, -0.2) is 0 Å². The molecule has 0 saturated heterocycles. The lowest BCUT2D eigenvalue weighted by Crippen LogP contribution is -2.28. The first-order valence-corrected chi connectivity index (χ1v) is 5.12. The molecule has 0 spiro atoms. The summed E-state index contributed by atoms with van der Waals surface area (Å²) in [5.74, 6) is -0.327. The van der Waals surface area contributed by atoms with Crippen LogP contribution in [0.4, 0.5) is 0 Å². The van der Waals surface area contributed by atoms with Crippen LogP contribution in [0.5, 0.6) is 0 Å². The van der Waals surface area contributed by atoms with Crippen molar-refractivity contribution >= 4 is 5.97 Å². The highest BCUT2D eigenvalue weighted by Gasteiger charge is 2.21. The largest absolute Gasteiger partial charge is 0.462 e. The van der Waals surface area contributed by atoms with E-state index in [0.29, 0.717) is 0 Å². The van der Waals surface area contributed by atoms with Gasteiger partial charge in [-0.3, -0.25) is 4.79 Å². The molecule has 0 heterocycles. The highest BCUT2D eigenvalue weighted by molar-refractivity contribution is 5.66. The van der Waals surface area contributed by atoms with Crippen LogP contribution in [0.15, 0.2) is 17.3 Å². The van der Waals surface area contributed by atoms with E-state index in [0.717, 1.165) is 25.7 Å². The van der Waals surface area contributed by atoms with E-state index in [1.165, 1.54) is 6.92 Å². The van der Waals surface area contributed by atoms with Crippen molar-refractivity contribution in [3.8, 4) is 0 Å². The molecule has 1 aliphatic rings. The number of hydrogen-bond acceptors (Lipinski definition) is 3. The van der Waals surface area contributed by atoms with Crippen LogP contribution in [0.3, 0.4) is 0 Å². The molecule has 1 rings (SSSR count). The Kier molecular flexibility index (Phi) is 4.71. The maximum Gasteiger partial charge on any atom is 0.302 e. The molecule has 0 N–H and O–H groups in total. The van der Waals surface area contributed by atoms with E-state index < -0.39 is 0 Å². The van der Waals surface area contributed by atoms with Crippen LogP contribution in [0.1, 0.15) is 32.6 Å². The highest BCUT2D eigenvalue weighted by Crippen LogP contribution is 2.18.